The number of nitriles is 1. The van der Waals surface area contributed by atoms with Crippen LogP contribution in [0.4, 0.5) is 4.39 Å². The second kappa shape index (κ2) is 10.5. The molecule has 0 fully saturated rings. The Morgan fingerprint density at radius 3 is 2.51 bits per heavy atom. The molecule has 7 nitrogen and oxygen atoms in total. The molecule has 0 amide bonds. The Labute approximate surface area is 234 Å². The Kier molecular flexibility index (Phi) is 6.62. The Morgan fingerprint density at radius 1 is 1.00 bits per heavy atom. The minimum absolute atomic E-state index is 0.0251. The number of benzene rings is 4. The van der Waals surface area contributed by atoms with Gasteiger partial charge in [-0.1, -0.05) is 48.5 Å². The summed E-state index contributed by atoms with van der Waals surface area (Å²) >= 11 is 0. The van der Waals surface area contributed by atoms with E-state index in [1.165, 1.54) is 24.3 Å². The van der Waals surface area contributed by atoms with E-state index in [2.05, 4.69) is 6.07 Å². The van der Waals surface area contributed by atoms with Crippen LogP contribution in [0.3, 0.4) is 0 Å². The van der Waals surface area contributed by atoms with Crippen molar-refractivity contribution in [1.82, 2.24) is 0 Å². The lowest BCUT2D eigenvalue weighted by Gasteiger charge is -2.26. The average Bonchev–Trinajstić information content (AvgIpc) is 3.31. The predicted octanol–water partition coefficient (Wildman–Crippen LogP) is 6.90. The molecule has 1 unspecified atom stereocenters. The second-order valence-electron chi connectivity index (χ2n) is 9.55. The van der Waals surface area contributed by atoms with Crippen LogP contribution in [-0.4, -0.2) is 5.97 Å². The van der Waals surface area contributed by atoms with Gasteiger partial charge in [-0.3, -0.25) is 0 Å². The standard InChI is InChI=1S/C33H23FN2O5/c1-19-26-15-22(34)9-14-28(26)40-31(19)33(37)39-24-12-13-25-29(16-24)41-32(36)27(17-35)30(25)21-7-10-23(11-8-21)38-18-20-5-3-2-4-6-20/h2-16,30H,18,36H2,1H3. The number of hydrogen-bond donors (Lipinski definition) is 1. The molecule has 4 aromatic carbocycles. The molecule has 0 saturated carbocycles. The third kappa shape index (κ3) is 4.97. The summed E-state index contributed by atoms with van der Waals surface area (Å²) in [7, 11) is 0. The van der Waals surface area contributed by atoms with Gasteiger partial charge in [-0.05, 0) is 54.4 Å². The van der Waals surface area contributed by atoms with Gasteiger partial charge in [0, 0.05) is 22.6 Å². The van der Waals surface area contributed by atoms with E-state index in [4.69, 9.17) is 24.4 Å². The van der Waals surface area contributed by atoms with E-state index < -0.39 is 17.7 Å². The number of halogens is 1. The van der Waals surface area contributed by atoms with Crippen molar-refractivity contribution in [2.24, 2.45) is 5.73 Å². The summed E-state index contributed by atoms with van der Waals surface area (Å²) in [5.74, 6) is -0.495. The summed E-state index contributed by atoms with van der Waals surface area (Å²) in [6.45, 7) is 2.10. The summed E-state index contributed by atoms with van der Waals surface area (Å²) in [5.41, 5.74) is 9.82. The normalized spacial score (nSPS) is 14.2. The molecular formula is C33H23FN2O5. The number of hydrogen-bond acceptors (Lipinski definition) is 7. The quantitative estimate of drug-likeness (QED) is 0.182. The van der Waals surface area contributed by atoms with Gasteiger partial charge in [0.1, 0.15) is 46.9 Å². The number of allylic oxidation sites excluding steroid dienone is 1. The number of rotatable bonds is 6. The van der Waals surface area contributed by atoms with Gasteiger partial charge in [-0.2, -0.15) is 5.26 Å². The van der Waals surface area contributed by atoms with Gasteiger partial charge >= 0.3 is 5.97 Å². The highest BCUT2D eigenvalue weighted by molar-refractivity contribution is 5.96. The Morgan fingerprint density at radius 2 is 1.76 bits per heavy atom. The zero-order valence-corrected chi connectivity index (χ0v) is 21.9. The van der Waals surface area contributed by atoms with Crippen molar-refractivity contribution in [3.05, 3.63) is 136 Å². The summed E-state index contributed by atoms with van der Waals surface area (Å²) < 4.78 is 36.5. The van der Waals surface area contributed by atoms with Gasteiger partial charge in [0.2, 0.25) is 11.6 Å². The second-order valence-corrected chi connectivity index (χ2v) is 9.55. The molecule has 0 bridgehead atoms. The first-order valence-electron chi connectivity index (χ1n) is 12.8. The zero-order chi connectivity index (χ0) is 28.5. The van der Waals surface area contributed by atoms with Crippen molar-refractivity contribution < 1.29 is 27.8 Å². The number of furan rings is 1. The first-order valence-corrected chi connectivity index (χ1v) is 12.8. The molecule has 0 aliphatic carbocycles. The van der Waals surface area contributed by atoms with Crippen LogP contribution in [0.25, 0.3) is 11.0 Å². The van der Waals surface area contributed by atoms with Crippen LogP contribution in [0.2, 0.25) is 0 Å². The lowest BCUT2D eigenvalue weighted by Crippen LogP contribution is -2.21. The molecule has 5 aromatic rings. The molecule has 8 heteroatoms. The molecular weight excluding hydrogens is 523 g/mol. The van der Waals surface area contributed by atoms with Gasteiger partial charge in [0.05, 0.1) is 5.92 Å². The molecule has 1 aliphatic rings. The number of carbonyl (C=O) groups excluding carboxylic acids is 1. The van der Waals surface area contributed by atoms with E-state index in [0.717, 1.165) is 11.1 Å². The van der Waals surface area contributed by atoms with Gasteiger partial charge in [-0.15, -0.1) is 0 Å². The summed E-state index contributed by atoms with van der Waals surface area (Å²) in [6, 6.07) is 28.4. The van der Waals surface area contributed by atoms with E-state index in [0.29, 0.717) is 40.2 Å². The lowest BCUT2D eigenvalue weighted by molar-refractivity contribution is 0.0702. The zero-order valence-electron chi connectivity index (χ0n) is 21.9. The van der Waals surface area contributed by atoms with Crippen LogP contribution in [0, 0.1) is 24.1 Å². The maximum Gasteiger partial charge on any atom is 0.379 e. The number of nitrogens with two attached hydrogens (primary N) is 1. The maximum absolute atomic E-state index is 13.7. The number of nitrogens with zero attached hydrogens (tertiary/aromatic N) is 1. The molecule has 6 rings (SSSR count). The minimum Gasteiger partial charge on any atom is -0.489 e. The molecule has 1 atom stereocenters. The molecule has 202 valence electrons. The average molecular weight is 547 g/mol. The Hall–Kier alpha value is -5.55. The molecule has 2 N–H and O–H groups in total. The topological polar surface area (TPSA) is 108 Å². The van der Waals surface area contributed by atoms with Gasteiger partial charge in [0.25, 0.3) is 0 Å². The van der Waals surface area contributed by atoms with E-state index >= 15 is 0 Å². The van der Waals surface area contributed by atoms with Crippen molar-refractivity contribution in [3.63, 3.8) is 0 Å². The van der Waals surface area contributed by atoms with Crippen LogP contribution in [0.5, 0.6) is 17.2 Å². The summed E-state index contributed by atoms with van der Waals surface area (Å²) in [5, 5.41) is 10.4. The minimum atomic E-state index is -0.737. The number of carbonyl (C=O) groups is 1. The van der Waals surface area contributed by atoms with E-state index in [1.54, 1.807) is 19.1 Å². The Bertz CT molecular complexity index is 1850. The highest BCUT2D eigenvalue weighted by Gasteiger charge is 2.31. The van der Waals surface area contributed by atoms with Crippen molar-refractivity contribution in [2.75, 3.05) is 0 Å². The highest BCUT2D eigenvalue weighted by Crippen LogP contribution is 2.44. The van der Waals surface area contributed by atoms with Crippen molar-refractivity contribution in [1.29, 1.82) is 5.26 Å². The molecule has 2 heterocycles. The highest BCUT2D eigenvalue weighted by atomic mass is 19.1. The van der Waals surface area contributed by atoms with E-state index in [1.807, 2.05) is 54.6 Å². The van der Waals surface area contributed by atoms with Gasteiger partial charge < -0.3 is 24.4 Å². The number of ether oxygens (including phenoxy) is 3. The summed E-state index contributed by atoms with van der Waals surface area (Å²) in [6.07, 6.45) is 0. The van der Waals surface area contributed by atoms with E-state index in [9.17, 15) is 14.4 Å². The van der Waals surface area contributed by atoms with Crippen molar-refractivity contribution >= 4 is 16.9 Å². The van der Waals surface area contributed by atoms with Crippen molar-refractivity contribution in [3.8, 4) is 23.3 Å². The molecule has 41 heavy (non-hydrogen) atoms. The first kappa shape index (κ1) is 25.7. The molecule has 1 aromatic heterocycles. The number of esters is 1. The van der Waals surface area contributed by atoms with E-state index in [-0.39, 0.29) is 23.0 Å². The fourth-order valence-corrected chi connectivity index (χ4v) is 4.88. The monoisotopic (exact) mass is 546 g/mol. The van der Waals surface area contributed by atoms with Crippen LogP contribution in [-0.2, 0) is 6.61 Å². The van der Waals surface area contributed by atoms with Crippen LogP contribution < -0.4 is 19.9 Å². The first-order chi connectivity index (χ1) is 19.9. The van der Waals surface area contributed by atoms with Crippen LogP contribution >= 0.6 is 0 Å². The van der Waals surface area contributed by atoms with Gasteiger partial charge in [-0.25, -0.2) is 9.18 Å². The number of aryl methyl sites for hydroxylation is 1. The number of fused-ring (bicyclic) bond motifs is 2. The molecule has 0 radical (unpaired) electrons. The van der Waals surface area contributed by atoms with Gasteiger partial charge in [0.15, 0.2) is 0 Å². The molecule has 0 spiro atoms. The van der Waals surface area contributed by atoms with Crippen molar-refractivity contribution in [2.45, 2.75) is 19.4 Å². The SMILES string of the molecule is Cc1c(C(=O)Oc2ccc3c(c2)OC(N)=C(C#N)C3c2ccc(OCc3ccccc3)cc2)oc2ccc(F)cc12. The molecule has 1 aliphatic heterocycles. The van der Waals surface area contributed by atoms with Crippen LogP contribution in [0.15, 0.2) is 107 Å². The molecule has 0 saturated heterocycles. The smallest absolute Gasteiger partial charge is 0.379 e. The Balaban J connectivity index is 1.25. The third-order valence-corrected chi connectivity index (χ3v) is 6.95. The largest absolute Gasteiger partial charge is 0.489 e. The fraction of sp³-hybridized carbons (Fsp3) is 0.0909. The lowest BCUT2D eigenvalue weighted by atomic mass is 9.83. The van der Waals surface area contributed by atoms with Crippen LogP contribution in [0.1, 0.15) is 38.7 Å². The maximum atomic E-state index is 13.7. The third-order valence-electron chi connectivity index (χ3n) is 6.95. The predicted molar refractivity (Wildman–Crippen MR) is 149 cm³/mol. The fourth-order valence-electron chi connectivity index (χ4n) is 4.88. The summed E-state index contributed by atoms with van der Waals surface area (Å²) in [4.78, 5) is 12.9.